The highest BCUT2D eigenvalue weighted by Gasteiger charge is 2.17. The molecule has 2 amide bonds. The Hall–Kier alpha value is -3.26. The second-order valence-corrected chi connectivity index (χ2v) is 4.51. The summed E-state index contributed by atoms with van der Waals surface area (Å²) in [7, 11) is 1.24. The van der Waals surface area contributed by atoms with Crippen molar-refractivity contribution in [3.8, 4) is 0 Å². The summed E-state index contributed by atoms with van der Waals surface area (Å²) >= 11 is 0. The summed E-state index contributed by atoms with van der Waals surface area (Å²) in [4.78, 5) is 38.7. The largest absolute Gasteiger partial charge is 0.465 e. The lowest BCUT2D eigenvalue weighted by Gasteiger charge is -2.16. The van der Waals surface area contributed by atoms with E-state index < -0.39 is 17.8 Å². The molecule has 0 aliphatic carbocycles. The Morgan fingerprint density at radius 2 is 1.87 bits per heavy atom. The van der Waals surface area contributed by atoms with Crippen molar-refractivity contribution in [3.05, 3.63) is 59.4 Å². The zero-order chi connectivity index (χ0) is 17.0. The van der Waals surface area contributed by atoms with Crippen LogP contribution >= 0.6 is 0 Å². The number of anilines is 1. The second-order valence-electron chi connectivity index (χ2n) is 4.51. The minimum atomic E-state index is -0.631. The van der Waals surface area contributed by atoms with Crippen LogP contribution in [0.15, 0.2) is 42.6 Å². The first-order chi connectivity index (χ1) is 10.9. The van der Waals surface area contributed by atoms with Gasteiger partial charge in [-0.15, -0.1) is 0 Å². The molecule has 0 saturated heterocycles. The van der Waals surface area contributed by atoms with Gasteiger partial charge in [-0.1, -0.05) is 6.07 Å². The Labute approximate surface area is 131 Å². The molecule has 2 aromatic rings. The minimum absolute atomic E-state index is 0.0321. The van der Waals surface area contributed by atoms with Gasteiger partial charge in [0.25, 0.3) is 5.91 Å². The number of amides is 2. The van der Waals surface area contributed by atoms with Crippen LogP contribution in [-0.2, 0) is 4.74 Å². The van der Waals surface area contributed by atoms with Crippen LogP contribution in [0.1, 0.15) is 31.2 Å². The van der Waals surface area contributed by atoms with Crippen molar-refractivity contribution >= 4 is 23.5 Å². The molecule has 23 heavy (non-hydrogen) atoms. The zero-order valence-electron chi connectivity index (χ0n) is 12.2. The third-order valence-corrected chi connectivity index (χ3v) is 3.03. The molecule has 4 N–H and O–H groups in total. The molecule has 118 valence electrons. The Bertz CT molecular complexity index is 758. The Balaban J connectivity index is 2.24. The van der Waals surface area contributed by atoms with E-state index in [9.17, 15) is 14.4 Å². The number of hydrazine groups is 1. The molecule has 0 unspecified atom stereocenters. The summed E-state index contributed by atoms with van der Waals surface area (Å²) in [6.07, 6.45) is 1.22. The first-order valence-corrected chi connectivity index (χ1v) is 6.47. The van der Waals surface area contributed by atoms with E-state index in [1.165, 1.54) is 37.6 Å². The number of carbonyl (C=O) groups is 3. The van der Waals surface area contributed by atoms with Crippen molar-refractivity contribution in [1.29, 1.82) is 0 Å². The van der Waals surface area contributed by atoms with E-state index >= 15 is 0 Å². The maximum absolute atomic E-state index is 12.3. The summed E-state index contributed by atoms with van der Waals surface area (Å²) < 4.78 is 4.55. The third-order valence-electron chi connectivity index (χ3n) is 3.03. The molecule has 0 aliphatic heterocycles. The third kappa shape index (κ3) is 3.50. The van der Waals surface area contributed by atoms with Gasteiger partial charge < -0.3 is 10.5 Å². The van der Waals surface area contributed by atoms with E-state index in [1.54, 1.807) is 12.1 Å². The highest BCUT2D eigenvalue weighted by atomic mass is 16.5. The number of nitrogens with two attached hydrogens (primary N) is 2. The lowest BCUT2D eigenvalue weighted by atomic mass is 10.2. The maximum Gasteiger partial charge on any atom is 0.339 e. The van der Waals surface area contributed by atoms with Crippen molar-refractivity contribution in [2.24, 2.45) is 11.6 Å². The fourth-order valence-corrected chi connectivity index (χ4v) is 1.81. The molecule has 2 rings (SSSR count). The van der Waals surface area contributed by atoms with E-state index in [-0.39, 0.29) is 22.5 Å². The predicted molar refractivity (Wildman–Crippen MR) is 81.5 cm³/mol. The second kappa shape index (κ2) is 6.67. The summed E-state index contributed by atoms with van der Waals surface area (Å²) in [5.74, 6) is 3.96. The van der Waals surface area contributed by atoms with E-state index in [2.05, 4.69) is 9.72 Å². The van der Waals surface area contributed by atoms with Gasteiger partial charge in [-0.05, 0) is 30.3 Å². The minimum Gasteiger partial charge on any atom is -0.465 e. The highest BCUT2D eigenvalue weighted by Crippen LogP contribution is 2.15. The monoisotopic (exact) mass is 314 g/mol. The van der Waals surface area contributed by atoms with Gasteiger partial charge in [0, 0.05) is 11.8 Å². The van der Waals surface area contributed by atoms with E-state index in [1.807, 2.05) is 0 Å². The number of benzene rings is 1. The Morgan fingerprint density at radius 1 is 1.13 bits per heavy atom. The van der Waals surface area contributed by atoms with Crippen molar-refractivity contribution in [2.45, 2.75) is 0 Å². The average Bonchev–Trinajstić information content (AvgIpc) is 2.60. The van der Waals surface area contributed by atoms with Crippen LogP contribution in [0.3, 0.4) is 0 Å². The standard InChI is InChI=1S/C15H14N4O4/c1-23-15(22)10-5-6-12(18-8-10)14(21)19(17)11-4-2-3-9(7-11)13(16)20/h2-8H,17H2,1H3,(H2,16,20). The first-order valence-electron chi connectivity index (χ1n) is 6.47. The highest BCUT2D eigenvalue weighted by molar-refractivity contribution is 6.05. The summed E-state index contributed by atoms with van der Waals surface area (Å²) in [6, 6.07) is 8.76. The molecule has 0 spiro atoms. The molecule has 8 heteroatoms. The lowest BCUT2D eigenvalue weighted by Crippen LogP contribution is -2.38. The molecular formula is C15H14N4O4. The van der Waals surface area contributed by atoms with Gasteiger partial charge >= 0.3 is 5.97 Å². The average molecular weight is 314 g/mol. The molecule has 0 fully saturated rings. The van der Waals surface area contributed by atoms with Gasteiger partial charge in [0.1, 0.15) is 5.69 Å². The predicted octanol–water partition coefficient (Wildman–Crippen LogP) is 0.488. The van der Waals surface area contributed by atoms with Crippen LogP contribution in [0.4, 0.5) is 5.69 Å². The molecule has 0 bridgehead atoms. The van der Waals surface area contributed by atoms with Crippen LogP contribution in [0.5, 0.6) is 0 Å². The number of ether oxygens (including phenoxy) is 1. The van der Waals surface area contributed by atoms with E-state index in [0.29, 0.717) is 0 Å². The lowest BCUT2D eigenvalue weighted by molar-refractivity contribution is 0.0599. The number of esters is 1. The Morgan fingerprint density at radius 3 is 2.43 bits per heavy atom. The number of nitrogens with zero attached hydrogens (tertiary/aromatic N) is 2. The van der Waals surface area contributed by atoms with Crippen LogP contribution in [0.25, 0.3) is 0 Å². The molecule has 1 aromatic heterocycles. The number of hydrogen-bond acceptors (Lipinski definition) is 6. The number of methoxy groups -OCH3 is 1. The van der Waals surface area contributed by atoms with E-state index in [4.69, 9.17) is 11.6 Å². The van der Waals surface area contributed by atoms with Crippen LogP contribution in [0.2, 0.25) is 0 Å². The number of hydrogen-bond donors (Lipinski definition) is 2. The Kier molecular flexibility index (Phi) is 4.67. The number of carbonyl (C=O) groups excluding carboxylic acids is 3. The number of primary amides is 1. The molecule has 8 nitrogen and oxygen atoms in total. The van der Waals surface area contributed by atoms with Crippen molar-refractivity contribution < 1.29 is 19.1 Å². The summed E-state index contributed by atoms with van der Waals surface area (Å²) in [6.45, 7) is 0. The topological polar surface area (TPSA) is 129 Å². The summed E-state index contributed by atoms with van der Waals surface area (Å²) in [5.41, 5.74) is 5.94. The quantitative estimate of drug-likeness (QED) is 0.366. The van der Waals surface area contributed by atoms with Gasteiger partial charge in [0.15, 0.2) is 0 Å². The first kappa shape index (κ1) is 16.1. The van der Waals surface area contributed by atoms with Crippen LogP contribution in [-0.4, -0.2) is 29.9 Å². The summed E-state index contributed by atoms with van der Waals surface area (Å²) in [5, 5.41) is 0.840. The van der Waals surface area contributed by atoms with Gasteiger partial charge in [0.2, 0.25) is 5.91 Å². The van der Waals surface area contributed by atoms with Crippen LogP contribution in [0, 0.1) is 0 Å². The molecule has 0 saturated carbocycles. The van der Waals surface area contributed by atoms with Gasteiger partial charge in [0.05, 0.1) is 18.4 Å². The number of aromatic nitrogens is 1. The smallest absolute Gasteiger partial charge is 0.339 e. The van der Waals surface area contributed by atoms with Crippen molar-refractivity contribution in [2.75, 3.05) is 12.1 Å². The fourth-order valence-electron chi connectivity index (χ4n) is 1.81. The van der Waals surface area contributed by atoms with Crippen molar-refractivity contribution in [3.63, 3.8) is 0 Å². The molecule has 1 heterocycles. The molecule has 1 aromatic carbocycles. The molecule has 0 radical (unpaired) electrons. The molecule has 0 aliphatic rings. The van der Waals surface area contributed by atoms with Gasteiger partial charge in [-0.3, -0.25) is 14.6 Å². The molecular weight excluding hydrogens is 300 g/mol. The fraction of sp³-hybridized carbons (Fsp3) is 0.0667. The van der Waals surface area contributed by atoms with E-state index in [0.717, 1.165) is 5.01 Å². The number of rotatable bonds is 4. The zero-order valence-corrected chi connectivity index (χ0v) is 12.2. The maximum atomic E-state index is 12.3. The SMILES string of the molecule is COC(=O)c1ccc(C(=O)N(N)c2cccc(C(N)=O)c2)nc1. The van der Waals surface area contributed by atoms with Crippen molar-refractivity contribution in [1.82, 2.24) is 4.98 Å². The van der Waals surface area contributed by atoms with Gasteiger partial charge in [-0.25, -0.2) is 15.6 Å². The van der Waals surface area contributed by atoms with Crippen LogP contribution < -0.4 is 16.6 Å². The number of pyridine rings is 1. The molecule has 0 atom stereocenters. The normalized spacial score (nSPS) is 10.0. The van der Waals surface area contributed by atoms with Gasteiger partial charge in [-0.2, -0.15) is 0 Å².